The Hall–Kier alpha value is -2.74. The molecule has 108 valence electrons. The largest absolute Gasteiger partial charge is 0.456 e. The molecule has 5 rings (SSSR count). The number of hydrogen-bond acceptors (Lipinski definition) is 1. The maximum atomic E-state index is 5.96. The van der Waals surface area contributed by atoms with Crippen molar-refractivity contribution in [1.82, 2.24) is 4.98 Å². The summed E-state index contributed by atoms with van der Waals surface area (Å²) in [7, 11) is 0. The molecular weight excluding hydrogens is 270 g/mol. The van der Waals surface area contributed by atoms with Crippen LogP contribution in [0.25, 0.3) is 43.7 Å². The summed E-state index contributed by atoms with van der Waals surface area (Å²) < 4.78 is 5.96. The second-order valence-corrected chi connectivity index (χ2v) is 5.16. The van der Waals surface area contributed by atoms with Crippen LogP contribution in [0.15, 0.2) is 65.1 Å². The van der Waals surface area contributed by atoms with Gasteiger partial charge in [0.15, 0.2) is 0 Å². The SMILES string of the molecule is CC.c1ccc2c(c1)[nH]c1cc3c(cc12)oc1ccccc13. The zero-order valence-corrected chi connectivity index (χ0v) is 12.7. The van der Waals surface area contributed by atoms with Gasteiger partial charge in [0.1, 0.15) is 11.2 Å². The Kier molecular flexibility index (Phi) is 2.90. The zero-order chi connectivity index (χ0) is 15.1. The Balaban J connectivity index is 0.000000602. The van der Waals surface area contributed by atoms with Gasteiger partial charge in [-0.2, -0.15) is 0 Å². The summed E-state index contributed by atoms with van der Waals surface area (Å²) in [6.07, 6.45) is 0. The van der Waals surface area contributed by atoms with Crippen molar-refractivity contribution in [2.24, 2.45) is 0 Å². The Morgan fingerprint density at radius 1 is 0.636 bits per heavy atom. The third kappa shape index (κ3) is 1.74. The molecule has 0 saturated heterocycles. The van der Waals surface area contributed by atoms with Crippen LogP contribution in [0.5, 0.6) is 0 Å². The van der Waals surface area contributed by atoms with E-state index in [-0.39, 0.29) is 0 Å². The molecule has 2 nitrogen and oxygen atoms in total. The van der Waals surface area contributed by atoms with Crippen LogP contribution in [0.4, 0.5) is 0 Å². The number of para-hydroxylation sites is 2. The molecule has 5 aromatic rings. The maximum absolute atomic E-state index is 5.96. The number of fused-ring (bicyclic) bond motifs is 6. The molecule has 0 fully saturated rings. The summed E-state index contributed by atoms with van der Waals surface area (Å²) in [4.78, 5) is 3.48. The van der Waals surface area contributed by atoms with Gasteiger partial charge in [0.05, 0.1) is 0 Å². The molecule has 22 heavy (non-hydrogen) atoms. The predicted molar refractivity (Wildman–Crippen MR) is 94.4 cm³/mol. The molecular formula is C20H17NO. The number of hydrogen-bond donors (Lipinski definition) is 1. The first kappa shape index (κ1) is 13.0. The van der Waals surface area contributed by atoms with Crippen molar-refractivity contribution in [2.45, 2.75) is 13.8 Å². The molecule has 0 aliphatic carbocycles. The van der Waals surface area contributed by atoms with Crippen LogP contribution in [0, 0.1) is 0 Å². The first-order valence-corrected chi connectivity index (χ1v) is 7.72. The molecule has 0 saturated carbocycles. The van der Waals surface area contributed by atoms with Crippen molar-refractivity contribution in [3.05, 3.63) is 60.7 Å². The highest BCUT2D eigenvalue weighted by Crippen LogP contribution is 2.34. The van der Waals surface area contributed by atoms with Crippen LogP contribution < -0.4 is 0 Å². The van der Waals surface area contributed by atoms with Gasteiger partial charge in [0.2, 0.25) is 0 Å². The number of rotatable bonds is 0. The van der Waals surface area contributed by atoms with E-state index in [0.29, 0.717) is 0 Å². The highest BCUT2D eigenvalue weighted by molar-refractivity contribution is 6.15. The van der Waals surface area contributed by atoms with Crippen molar-refractivity contribution < 1.29 is 4.42 Å². The Labute approximate surface area is 128 Å². The minimum absolute atomic E-state index is 0.944. The van der Waals surface area contributed by atoms with Crippen molar-refractivity contribution in [3.63, 3.8) is 0 Å². The topological polar surface area (TPSA) is 28.9 Å². The van der Waals surface area contributed by atoms with Crippen LogP contribution in [0.1, 0.15) is 13.8 Å². The summed E-state index contributed by atoms with van der Waals surface area (Å²) in [6, 6.07) is 20.9. The number of nitrogens with one attached hydrogen (secondary N) is 1. The van der Waals surface area contributed by atoms with Gasteiger partial charge in [-0.15, -0.1) is 0 Å². The van der Waals surface area contributed by atoms with Gasteiger partial charge in [0.25, 0.3) is 0 Å². The van der Waals surface area contributed by atoms with E-state index in [2.05, 4.69) is 47.4 Å². The molecule has 0 amide bonds. The average molecular weight is 287 g/mol. The molecule has 2 aromatic heterocycles. The van der Waals surface area contributed by atoms with E-state index in [1.54, 1.807) is 0 Å². The molecule has 3 aromatic carbocycles. The monoisotopic (exact) mass is 287 g/mol. The lowest BCUT2D eigenvalue weighted by molar-refractivity contribution is 0.669. The van der Waals surface area contributed by atoms with Crippen LogP contribution in [0.3, 0.4) is 0 Å². The van der Waals surface area contributed by atoms with E-state index in [1.807, 2.05) is 32.0 Å². The number of aromatic amines is 1. The summed E-state index contributed by atoms with van der Waals surface area (Å²) in [5.74, 6) is 0. The first-order valence-electron chi connectivity index (χ1n) is 7.72. The summed E-state index contributed by atoms with van der Waals surface area (Å²) in [6.45, 7) is 4.00. The molecule has 0 aliphatic heterocycles. The van der Waals surface area contributed by atoms with E-state index in [9.17, 15) is 0 Å². The Morgan fingerprint density at radius 2 is 1.36 bits per heavy atom. The maximum Gasteiger partial charge on any atom is 0.136 e. The first-order chi connectivity index (χ1) is 10.9. The second kappa shape index (κ2) is 4.92. The van der Waals surface area contributed by atoms with E-state index in [0.717, 1.165) is 16.7 Å². The minimum Gasteiger partial charge on any atom is -0.456 e. The summed E-state index contributed by atoms with van der Waals surface area (Å²) >= 11 is 0. The normalized spacial score (nSPS) is 11.2. The molecule has 0 radical (unpaired) electrons. The van der Waals surface area contributed by atoms with Gasteiger partial charge >= 0.3 is 0 Å². The van der Waals surface area contributed by atoms with Gasteiger partial charge in [-0.25, -0.2) is 0 Å². The number of furan rings is 1. The number of H-pyrrole nitrogens is 1. The highest BCUT2D eigenvalue weighted by Gasteiger charge is 2.10. The zero-order valence-electron chi connectivity index (χ0n) is 12.7. The molecule has 0 spiro atoms. The van der Waals surface area contributed by atoms with Gasteiger partial charge in [0, 0.05) is 32.6 Å². The minimum atomic E-state index is 0.944. The standard InChI is InChI=1S/C18H11NO.C2H6/c1-3-7-15-11(5-1)13-10-18-14(9-16(13)19-15)12-6-2-4-8-17(12)20-18;1-2/h1-10,19H;1-2H3. The van der Waals surface area contributed by atoms with Crippen molar-refractivity contribution in [1.29, 1.82) is 0 Å². The smallest absolute Gasteiger partial charge is 0.136 e. The van der Waals surface area contributed by atoms with Crippen LogP contribution in [-0.4, -0.2) is 4.98 Å². The predicted octanol–water partition coefficient (Wildman–Crippen LogP) is 6.25. The molecule has 2 heterocycles. The highest BCUT2D eigenvalue weighted by atomic mass is 16.3. The van der Waals surface area contributed by atoms with Crippen molar-refractivity contribution >= 4 is 43.7 Å². The summed E-state index contributed by atoms with van der Waals surface area (Å²) in [5, 5.41) is 4.79. The fourth-order valence-electron chi connectivity index (χ4n) is 3.07. The molecule has 0 aliphatic rings. The second-order valence-electron chi connectivity index (χ2n) is 5.16. The fourth-order valence-corrected chi connectivity index (χ4v) is 3.07. The van der Waals surface area contributed by atoms with E-state index >= 15 is 0 Å². The molecule has 0 unspecified atom stereocenters. The quantitative estimate of drug-likeness (QED) is 0.358. The fraction of sp³-hybridized carbons (Fsp3) is 0.100. The van der Waals surface area contributed by atoms with Crippen molar-refractivity contribution in [3.8, 4) is 0 Å². The molecule has 0 atom stereocenters. The number of benzene rings is 3. The van der Waals surface area contributed by atoms with Crippen LogP contribution >= 0.6 is 0 Å². The lowest BCUT2D eigenvalue weighted by atomic mass is 10.1. The lowest BCUT2D eigenvalue weighted by Gasteiger charge is -1.92. The van der Waals surface area contributed by atoms with Gasteiger partial charge in [-0.1, -0.05) is 50.2 Å². The Morgan fingerprint density at radius 3 is 2.23 bits per heavy atom. The van der Waals surface area contributed by atoms with Crippen LogP contribution in [0.2, 0.25) is 0 Å². The van der Waals surface area contributed by atoms with E-state index in [4.69, 9.17) is 4.42 Å². The molecule has 1 N–H and O–H groups in total. The lowest BCUT2D eigenvalue weighted by Crippen LogP contribution is -1.69. The van der Waals surface area contributed by atoms with E-state index in [1.165, 1.54) is 27.1 Å². The molecule has 0 bridgehead atoms. The average Bonchev–Trinajstić information content (AvgIpc) is 3.12. The third-order valence-corrected chi connectivity index (χ3v) is 4.00. The third-order valence-electron chi connectivity index (χ3n) is 4.00. The van der Waals surface area contributed by atoms with Crippen LogP contribution in [-0.2, 0) is 0 Å². The van der Waals surface area contributed by atoms with Gasteiger partial charge in [-0.05, 0) is 24.3 Å². The van der Waals surface area contributed by atoms with Gasteiger partial charge in [-0.3, -0.25) is 0 Å². The number of aromatic nitrogens is 1. The van der Waals surface area contributed by atoms with E-state index < -0.39 is 0 Å². The van der Waals surface area contributed by atoms with Gasteiger partial charge < -0.3 is 9.40 Å². The molecule has 2 heteroatoms. The Bertz CT molecular complexity index is 1010. The van der Waals surface area contributed by atoms with Crippen molar-refractivity contribution in [2.75, 3.05) is 0 Å². The summed E-state index contributed by atoms with van der Waals surface area (Å²) in [5.41, 5.74) is 4.22.